The van der Waals surface area contributed by atoms with Crippen molar-refractivity contribution in [1.29, 1.82) is 0 Å². The number of amides is 2. The molecule has 7 heteroatoms. The summed E-state index contributed by atoms with van der Waals surface area (Å²) in [6, 6.07) is 17.6. The topological polar surface area (TPSA) is 76.0 Å². The summed E-state index contributed by atoms with van der Waals surface area (Å²) >= 11 is 6.44. The van der Waals surface area contributed by atoms with E-state index in [9.17, 15) is 9.59 Å². The van der Waals surface area contributed by atoms with Crippen molar-refractivity contribution in [3.8, 4) is 16.9 Å². The summed E-state index contributed by atoms with van der Waals surface area (Å²) in [5.41, 5.74) is 3.79. The molecule has 1 atom stereocenters. The van der Waals surface area contributed by atoms with Crippen LogP contribution in [0.25, 0.3) is 16.9 Å². The van der Waals surface area contributed by atoms with Crippen LogP contribution in [0, 0.1) is 5.92 Å². The standard InChI is InChI=1S/C23H23ClN4O2/c1-2-6-15-7-5-8-16(11-15)20-13-21(26-23(30)17-12-22(29)25-14-17)27-28(20)19-10-4-3-9-18(19)24/h3-5,7-11,13,17H,2,6,12,14H2,1H3,(H,25,29)(H,26,27,30)/t17-/m0/s1. The van der Waals surface area contributed by atoms with Crippen LogP contribution in [0.2, 0.25) is 5.02 Å². The number of hydrogen-bond donors (Lipinski definition) is 2. The Kier molecular flexibility index (Phi) is 5.86. The van der Waals surface area contributed by atoms with E-state index in [-0.39, 0.29) is 24.2 Å². The van der Waals surface area contributed by atoms with E-state index < -0.39 is 0 Å². The van der Waals surface area contributed by atoms with Crippen molar-refractivity contribution in [2.75, 3.05) is 11.9 Å². The van der Waals surface area contributed by atoms with E-state index in [1.165, 1.54) is 5.56 Å². The molecule has 4 rings (SSSR count). The number of nitrogens with zero attached hydrogens (tertiary/aromatic N) is 2. The minimum absolute atomic E-state index is 0.106. The molecule has 154 valence electrons. The van der Waals surface area contributed by atoms with Gasteiger partial charge in [-0.05, 0) is 30.2 Å². The van der Waals surface area contributed by atoms with Crippen LogP contribution in [-0.4, -0.2) is 28.1 Å². The lowest BCUT2D eigenvalue weighted by Crippen LogP contribution is -2.24. The Morgan fingerprint density at radius 1 is 1.23 bits per heavy atom. The molecule has 1 fully saturated rings. The van der Waals surface area contributed by atoms with Gasteiger partial charge in [0, 0.05) is 24.6 Å². The second-order valence-electron chi connectivity index (χ2n) is 7.42. The molecule has 0 saturated carbocycles. The van der Waals surface area contributed by atoms with Crippen molar-refractivity contribution >= 4 is 29.2 Å². The van der Waals surface area contributed by atoms with E-state index in [1.807, 2.05) is 42.5 Å². The Bertz CT molecular complexity index is 1090. The Balaban J connectivity index is 1.72. The van der Waals surface area contributed by atoms with Crippen LogP contribution in [0.5, 0.6) is 0 Å². The number of carbonyl (C=O) groups excluding carboxylic acids is 2. The number of halogens is 1. The quantitative estimate of drug-likeness (QED) is 0.624. The normalized spacial score (nSPS) is 15.8. The Hall–Kier alpha value is -3.12. The SMILES string of the molecule is CCCc1cccc(-c2cc(NC(=O)[C@@H]3CNC(=O)C3)nn2-c2ccccc2Cl)c1. The monoisotopic (exact) mass is 422 g/mol. The van der Waals surface area contributed by atoms with Gasteiger partial charge in [-0.1, -0.05) is 55.3 Å². The molecule has 1 aliphatic heterocycles. The Labute approximate surface area is 180 Å². The number of nitrogens with one attached hydrogen (secondary N) is 2. The molecule has 2 amide bonds. The van der Waals surface area contributed by atoms with Crippen molar-refractivity contribution in [2.24, 2.45) is 5.92 Å². The number of benzene rings is 2. The van der Waals surface area contributed by atoms with Crippen LogP contribution in [-0.2, 0) is 16.0 Å². The molecule has 1 aliphatic rings. The van der Waals surface area contributed by atoms with Gasteiger partial charge in [0.1, 0.15) is 0 Å². The lowest BCUT2D eigenvalue weighted by molar-refractivity contribution is -0.123. The van der Waals surface area contributed by atoms with E-state index in [2.05, 4.69) is 34.8 Å². The number of aromatic nitrogens is 2. The number of aryl methyl sites for hydroxylation is 1. The molecule has 1 saturated heterocycles. The maximum Gasteiger partial charge on any atom is 0.230 e. The van der Waals surface area contributed by atoms with Crippen molar-refractivity contribution in [2.45, 2.75) is 26.2 Å². The third kappa shape index (κ3) is 4.24. The number of rotatable bonds is 6. The van der Waals surface area contributed by atoms with Crippen LogP contribution in [0.15, 0.2) is 54.6 Å². The molecule has 1 aromatic heterocycles. The van der Waals surface area contributed by atoms with Crippen LogP contribution in [0.3, 0.4) is 0 Å². The molecule has 2 heterocycles. The van der Waals surface area contributed by atoms with Crippen LogP contribution >= 0.6 is 11.6 Å². The molecule has 3 aromatic rings. The molecule has 6 nitrogen and oxygen atoms in total. The van der Waals surface area contributed by atoms with Gasteiger partial charge in [-0.2, -0.15) is 0 Å². The van der Waals surface area contributed by atoms with Gasteiger partial charge < -0.3 is 10.6 Å². The molecule has 0 radical (unpaired) electrons. The summed E-state index contributed by atoms with van der Waals surface area (Å²) in [5, 5.41) is 10.7. The lowest BCUT2D eigenvalue weighted by atomic mass is 10.0. The first-order chi connectivity index (χ1) is 14.5. The first-order valence-electron chi connectivity index (χ1n) is 10.1. The van der Waals surface area contributed by atoms with Crippen LogP contribution < -0.4 is 10.6 Å². The van der Waals surface area contributed by atoms with Gasteiger partial charge in [0.2, 0.25) is 11.8 Å². The minimum atomic E-state index is -0.390. The number of anilines is 1. The highest BCUT2D eigenvalue weighted by Crippen LogP contribution is 2.30. The van der Waals surface area contributed by atoms with Gasteiger partial charge in [0.05, 0.1) is 22.3 Å². The van der Waals surface area contributed by atoms with E-state index in [1.54, 1.807) is 4.68 Å². The van der Waals surface area contributed by atoms with E-state index >= 15 is 0 Å². The second kappa shape index (κ2) is 8.71. The summed E-state index contributed by atoms with van der Waals surface area (Å²) in [6.45, 7) is 2.50. The predicted molar refractivity (Wildman–Crippen MR) is 118 cm³/mol. The van der Waals surface area contributed by atoms with Gasteiger partial charge in [0.25, 0.3) is 0 Å². The second-order valence-corrected chi connectivity index (χ2v) is 7.83. The highest BCUT2D eigenvalue weighted by molar-refractivity contribution is 6.32. The van der Waals surface area contributed by atoms with Gasteiger partial charge in [-0.25, -0.2) is 4.68 Å². The summed E-state index contributed by atoms with van der Waals surface area (Å²) in [7, 11) is 0. The number of para-hydroxylation sites is 1. The van der Waals surface area contributed by atoms with Crippen molar-refractivity contribution < 1.29 is 9.59 Å². The summed E-state index contributed by atoms with van der Waals surface area (Å²) in [6.07, 6.45) is 2.24. The fourth-order valence-corrected chi connectivity index (χ4v) is 3.86. The van der Waals surface area contributed by atoms with Crippen LogP contribution in [0.4, 0.5) is 5.82 Å². The van der Waals surface area contributed by atoms with Crippen LogP contribution in [0.1, 0.15) is 25.3 Å². The zero-order valence-corrected chi connectivity index (χ0v) is 17.4. The maximum atomic E-state index is 12.6. The smallest absolute Gasteiger partial charge is 0.230 e. The maximum absolute atomic E-state index is 12.6. The molecular weight excluding hydrogens is 400 g/mol. The highest BCUT2D eigenvalue weighted by atomic mass is 35.5. The average Bonchev–Trinajstić information content (AvgIpc) is 3.35. The Morgan fingerprint density at radius 3 is 2.80 bits per heavy atom. The lowest BCUT2D eigenvalue weighted by Gasteiger charge is -2.10. The first-order valence-corrected chi connectivity index (χ1v) is 10.4. The van der Waals surface area contributed by atoms with E-state index in [0.717, 1.165) is 29.8 Å². The summed E-state index contributed by atoms with van der Waals surface area (Å²) < 4.78 is 1.75. The van der Waals surface area contributed by atoms with Crippen molar-refractivity contribution in [1.82, 2.24) is 15.1 Å². The fraction of sp³-hybridized carbons (Fsp3) is 0.261. The van der Waals surface area contributed by atoms with Crippen molar-refractivity contribution in [3.63, 3.8) is 0 Å². The largest absolute Gasteiger partial charge is 0.355 e. The summed E-state index contributed by atoms with van der Waals surface area (Å²) in [5.74, 6) is -0.289. The van der Waals surface area contributed by atoms with Gasteiger partial charge >= 0.3 is 0 Å². The molecule has 0 aliphatic carbocycles. The average molecular weight is 423 g/mol. The molecule has 0 spiro atoms. The van der Waals surface area contributed by atoms with Gasteiger partial charge in [0.15, 0.2) is 5.82 Å². The molecule has 2 N–H and O–H groups in total. The molecular formula is C23H23ClN4O2. The molecule has 30 heavy (non-hydrogen) atoms. The zero-order valence-electron chi connectivity index (χ0n) is 16.7. The van der Waals surface area contributed by atoms with E-state index in [0.29, 0.717) is 17.4 Å². The fourth-order valence-electron chi connectivity index (χ4n) is 3.65. The Morgan fingerprint density at radius 2 is 2.07 bits per heavy atom. The molecule has 0 unspecified atom stereocenters. The summed E-state index contributed by atoms with van der Waals surface area (Å²) in [4.78, 5) is 24.0. The third-order valence-corrected chi connectivity index (χ3v) is 5.47. The van der Waals surface area contributed by atoms with E-state index in [4.69, 9.17) is 11.6 Å². The minimum Gasteiger partial charge on any atom is -0.355 e. The molecule has 2 aromatic carbocycles. The first kappa shape index (κ1) is 20.2. The predicted octanol–water partition coefficient (Wildman–Crippen LogP) is 4.22. The zero-order chi connectivity index (χ0) is 21.1. The molecule has 0 bridgehead atoms. The number of hydrogen-bond acceptors (Lipinski definition) is 3. The highest BCUT2D eigenvalue weighted by Gasteiger charge is 2.28. The number of carbonyl (C=O) groups is 2. The van der Waals surface area contributed by atoms with Crippen molar-refractivity contribution in [3.05, 3.63) is 65.2 Å². The third-order valence-electron chi connectivity index (χ3n) is 5.15. The van der Waals surface area contributed by atoms with Gasteiger partial charge in [-0.15, -0.1) is 5.10 Å². The van der Waals surface area contributed by atoms with Gasteiger partial charge in [-0.3, -0.25) is 9.59 Å².